The molecular formula is C30H28N7O6S2+. The molecule has 15 heteroatoms. The lowest BCUT2D eigenvalue weighted by atomic mass is 10.0. The summed E-state index contributed by atoms with van der Waals surface area (Å²) in [6.07, 6.45) is 5.98. The van der Waals surface area contributed by atoms with Gasteiger partial charge in [-0.05, 0) is 23.6 Å². The minimum Gasteiger partial charge on any atom is -0.477 e. The molecule has 13 nitrogen and oxygen atoms in total. The number of fused-ring (bicyclic) bond motifs is 1. The molecule has 0 aliphatic carbocycles. The third kappa shape index (κ3) is 6.04. The molecule has 3 amide bonds. The fourth-order valence-electron chi connectivity index (χ4n) is 5.45. The van der Waals surface area contributed by atoms with E-state index in [1.807, 2.05) is 42.7 Å². The number of nitrogens with two attached hydrogens (primary N) is 1. The normalized spacial score (nSPS) is 20.8. The minimum absolute atomic E-state index is 0.0479. The van der Waals surface area contributed by atoms with Crippen LogP contribution >= 0.6 is 23.1 Å². The zero-order chi connectivity index (χ0) is 31.7. The van der Waals surface area contributed by atoms with Crippen molar-refractivity contribution < 1.29 is 34.1 Å². The molecular weight excluding hydrogens is 619 g/mol. The predicted octanol–water partition coefficient (Wildman–Crippen LogP) is 1.34. The number of rotatable bonds is 9. The first kappa shape index (κ1) is 30.0. The van der Waals surface area contributed by atoms with Gasteiger partial charge < -0.3 is 26.3 Å². The van der Waals surface area contributed by atoms with Crippen molar-refractivity contribution in [1.29, 1.82) is 0 Å². The van der Waals surface area contributed by atoms with E-state index in [9.17, 15) is 29.5 Å². The zero-order valence-electron chi connectivity index (χ0n) is 23.7. The molecule has 0 unspecified atom stereocenters. The van der Waals surface area contributed by atoms with Crippen LogP contribution < -0.4 is 15.6 Å². The number of oxime groups is 1. The molecule has 0 radical (unpaired) electrons. The molecule has 3 aliphatic rings. The van der Waals surface area contributed by atoms with Gasteiger partial charge in [-0.3, -0.25) is 19.3 Å². The molecule has 0 saturated carbocycles. The van der Waals surface area contributed by atoms with Crippen LogP contribution in [-0.2, 0) is 32.3 Å². The number of nitrogens with zero attached hydrogens (tertiary/aromatic N) is 5. The Labute approximate surface area is 265 Å². The highest BCUT2D eigenvalue weighted by molar-refractivity contribution is 8.00. The number of carboxylic acids is 1. The van der Waals surface area contributed by atoms with Crippen LogP contribution in [0.1, 0.15) is 23.2 Å². The molecule has 2 aromatic heterocycles. The van der Waals surface area contributed by atoms with Gasteiger partial charge in [-0.15, -0.1) is 23.1 Å². The molecule has 230 valence electrons. The number of nitrogens with one attached hydrogen (secondary N) is 1. The van der Waals surface area contributed by atoms with E-state index in [-0.39, 0.29) is 28.2 Å². The van der Waals surface area contributed by atoms with Crippen LogP contribution in [0.3, 0.4) is 0 Å². The van der Waals surface area contributed by atoms with E-state index in [1.165, 1.54) is 22.7 Å². The number of aliphatic carboxylic acids is 1. The summed E-state index contributed by atoms with van der Waals surface area (Å²) in [6, 6.07) is 13.0. The number of carboxylic acid groups (broad SMARTS) is 1. The fraction of sp³-hybridized carbons (Fsp3) is 0.233. The number of aromatic nitrogens is 2. The number of benzene rings is 1. The summed E-state index contributed by atoms with van der Waals surface area (Å²) in [4.78, 5) is 58.2. The largest absolute Gasteiger partial charge is 0.477 e. The number of β-lactam (4-membered cyclic amide) rings is 1. The van der Waals surface area contributed by atoms with Gasteiger partial charge in [0.1, 0.15) is 22.8 Å². The van der Waals surface area contributed by atoms with E-state index >= 15 is 0 Å². The van der Waals surface area contributed by atoms with Gasteiger partial charge in [0.2, 0.25) is 5.91 Å². The van der Waals surface area contributed by atoms with Gasteiger partial charge in [-0.2, -0.15) is 0 Å². The topological polar surface area (TPSA) is 182 Å². The molecule has 2 atom stereocenters. The van der Waals surface area contributed by atoms with E-state index in [2.05, 4.69) is 32.2 Å². The molecule has 1 aromatic carbocycles. The Morgan fingerprint density at radius 3 is 2.58 bits per heavy atom. The summed E-state index contributed by atoms with van der Waals surface area (Å²) < 4.78 is 2.06. The zero-order valence-corrected chi connectivity index (χ0v) is 25.3. The maximum absolute atomic E-state index is 13.3. The summed E-state index contributed by atoms with van der Waals surface area (Å²) in [5.41, 5.74) is 7.99. The first-order valence-corrected chi connectivity index (χ1v) is 15.8. The van der Waals surface area contributed by atoms with E-state index in [0.29, 0.717) is 30.7 Å². The van der Waals surface area contributed by atoms with Crippen molar-refractivity contribution in [2.45, 2.75) is 30.9 Å². The molecule has 2 fully saturated rings. The van der Waals surface area contributed by atoms with Crippen LogP contribution in [0.2, 0.25) is 0 Å². The quantitative estimate of drug-likeness (QED) is 0.0666. The lowest BCUT2D eigenvalue weighted by Gasteiger charge is -2.49. The highest BCUT2D eigenvalue weighted by Crippen LogP contribution is 2.41. The highest BCUT2D eigenvalue weighted by atomic mass is 32.2. The number of pyridine rings is 1. The van der Waals surface area contributed by atoms with Crippen molar-refractivity contribution in [2.75, 3.05) is 18.0 Å². The average molecular weight is 647 g/mol. The van der Waals surface area contributed by atoms with Crippen molar-refractivity contribution in [3.05, 3.63) is 100.0 Å². The number of thioether (sulfide) groups is 1. The number of anilines is 1. The second-order valence-corrected chi connectivity index (χ2v) is 12.6. The van der Waals surface area contributed by atoms with Crippen molar-refractivity contribution in [3.63, 3.8) is 0 Å². The number of amides is 3. The van der Waals surface area contributed by atoms with Crippen LogP contribution in [0.25, 0.3) is 0 Å². The summed E-state index contributed by atoms with van der Waals surface area (Å²) >= 11 is 2.32. The first-order chi connectivity index (χ1) is 21.7. The molecule has 0 bridgehead atoms. The minimum atomic E-state index is -1.31. The fourth-order valence-corrected chi connectivity index (χ4v) is 7.30. The van der Waals surface area contributed by atoms with Gasteiger partial charge >= 0.3 is 5.97 Å². The summed E-state index contributed by atoms with van der Waals surface area (Å²) in [6.45, 7) is 1.65. The number of hydrogen-bond donors (Lipinski definition) is 4. The Morgan fingerprint density at radius 2 is 1.91 bits per heavy atom. The van der Waals surface area contributed by atoms with Gasteiger partial charge in [0.25, 0.3) is 11.8 Å². The Bertz CT molecular complexity index is 1770. The van der Waals surface area contributed by atoms with E-state index in [1.54, 1.807) is 11.0 Å². The Kier molecular flexibility index (Phi) is 8.36. The average Bonchev–Trinajstić information content (AvgIpc) is 3.61. The van der Waals surface area contributed by atoms with E-state index in [0.717, 1.165) is 28.3 Å². The van der Waals surface area contributed by atoms with Crippen molar-refractivity contribution in [3.8, 4) is 0 Å². The van der Waals surface area contributed by atoms with Crippen molar-refractivity contribution in [1.82, 2.24) is 20.1 Å². The first-order valence-electron chi connectivity index (χ1n) is 13.9. The molecule has 3 aromatic rings. The van der Waals surface area contributed by atoms with Gasteiger partial charge in [0.05, 0.1) is 0 Å². The smallest absolute Gasteiger partial charge is 0.352 e. The number of nitrogen functional groups attached to an aromatic ring is 1. The second kappa shape index (κ2) is 12.5. The van der Waals surface area contributed by atoms with Gasteiger partial charge in [0.15, 0.2) is 29.8 Å². The van der Waals surface area contributed by atoms with Crippen LogP contribution in [0.4, 0.5) is 5.13 Å². The Morgan fingerprint density at radius 1 is 1.16 bits per heavy atom. The number of likely N-dealkylation sites (tertiary alicyclic amines) is 1. The number of thiazole rings is 1. The molecule has 2 saturated heterocycles. The van der Waals surface area contributed by atoms with Crippen molar-refractivity contribution >= 4 is 57.6 Å². The molecule has 0 spiro atoms. The number of hydrogen-bond acceptors (Lipinski definition) is 10. The summed E-state index contributed by atoms with van der Waals surface area (Å²) in [7, 11) is 0. The standard InChI is InChI=1S/C30H27N7O6S2/c31-30-32-21(16-45-30)22(34-43)25(38)33-23-27(40)37-24(29(41)42)20(15-44-28(23)37)12-19-8-11-36(26(19)39)14-18-6-9-35(10-7-18)13-17-4-2-1-3-5-17/h1-7,9-10,12,16,23,28H,8,11,13-15H2,(H4-,31,32,33,38,41,42,43)/p+1/t23-,28-/m1/s1. The lowest BCUT2D eigenvalue weighted by molar-refractivity contribution is -0.688. The number of carbonyl (C=O) groups excluding carboxylic acids is 3. The van der Waals surface area contributed by atoms with Gasteiger partial charge in [-0.1, -0.05) is 35.5 Å². The maximum atomic E-state index is 13.3. The van der Waals surface area contributed by atoms with Crippen LogP contribution in [-0.4, -0.2) is 78.2 Å². The third-order valence-electron chi connectivity index (χ3n) is 7.67. The molecule has 3 aliphatic heterocycles. The molecule has 45 heavy (non-hydrogen) atoms. The van der Waals surface area contributed by atoms with Crippen LogP contribution in [0.5, 0.6) is 0 Å². The SMILES string of the molecule is Nc1nc(/C(=N/O)C(=O)N[C@@H]2C(=O)N3C(C(=O)O)=C(C=C4CCN(Cc5cc[n+](Cc6ccccc6)cc5)C4=O)CS[C@H]23)cs1. The van der Waals surface area contributed by atoms with Crippen molar-refractivity contribution in [2.24, 2.45) is 5.16 Å². The molecule has 6 rings (SSSR count). The lowest BCUT2D eigenvalue weighted by Crippen LogP contribution is -2.71. The highest BCUT2D eigenvalue weighted by Gasteiger charge is 2.54. The summed E-state index contributed by atoms with van der Waals surface area (Å²) in [5, 5.41) is 25.8. The molecule has 5 heterocycles. The third-order valence-corrected chi connectivity index (χ3v) is 9.65. The Balaban J connectivity index is 1.12. The predicted molar refractivity (Wildman–Crippen MR) is 165 cm³/mol. The van der Waals surface area contributed by atoms with Crippen LogP contribution in [0, 0.1) is 0 Å². The second-order valence-electron chi connectivity index (χ2n) is 10.6. The van der Waals surface area contributed by atoms with Gasteiger partial charge in [0, 0.05) is 47.5 Å². The number of carbonyl (C=O) groups is 4. The number of allylic oxidation sites excluding steroid dienone is 1. The van der Waals surface area contributed by atoms with Gasteiger partial charge in [-0.25, -0.2) is 14.3 Å². The monoisotopic (exact) mass is 646 g/mol. The maximum Gasteiger partial charge on any atom is 0.352 e. The van der Waals surface area contributed by atoms with E-state index in [4.69, 9.17) is 5.73 Å². The van der Waals surface area contributed by atoms with Crippen LogP contribution in [0.15, 0.2) is 88.3 Å². The Hall–Kier alpha value is -5.02. The van der Waals surface area contributed by atoms with E-state index < -0.39 is 34.9 Å². The molecule has 5 N–H and O–H groups in total. The summed E-state index contributed by atoms with van der Waals surface area (Å²) in [5.74, 6) is -2.76.